The third kappa shape index (κ3) is 4.30. The first-order valence-corrected chi connectivity index (χ1v) is 10.5. The van der Waals surface area contributed by atoms with Crippen LogP contribution >= 0.6 is 0 Å². The molecule has 0 spiro atoms. The van der Waals surface area contributed by atoms with Gasteiger partial charge in [-0.2, -0.15) is 0 Å². The van der Waals surface area contributed by atoms with Crippen molar-refractivity contribution in [2.75, 3.05) is 7.11 Å². The van der Waals surface area contributed by atoms with E-state index in [9.17, 15) is 54.5 Å². The van der Waals surface area contributed by atoms with E-state index in [0.717, 1.165) is 32.2 Å². The molecule has 1 heterocycles. The zero-order valence-electron chi connectivity index (χ0n) is 20.3. The molecule has 37 heavy (non-hydrogen) atoms. The van der Waals surface area contributed by atoms with Crippen LogP contribution < -0.4 is 4.74 Å². The molecule has 1 aromatic rings. The van der Waals surface area contributed by atoms with Crippen LogP contribution in [0.1, 0.15) is 38.1 Å². The number of hydrogen-bond acceptors (Lipinski definition) is 14. The van der Waals surface area contributed by atoms with Gasteiger partial charge in [0.25, 0.3) is 0 Å². The maximum Gasteiger partial charge on any atom is 0.337 e. The maximum atomic E-state index is 12.8. The minimum Gasteiger partial charge on any atom is -0.465 e. The highest BCUT2D eigenvalue weighted by molar-refractivity contribution is 6.08. The van der Waals surface area contributed by atoms with Gasteiger partial charge in [-0.15, -0.1) is 0 Å². The normalized spacial score (nSPS) is 30.1. The molecule has 0 aromatic heterocycles. The summed E-state index contributed by atoms with van der Waals surface area (Å²) in [6.07, 6.45) is -7.28. The largest absolute Gasteiger partial charge is 0.465 e. The minimum absolute atomic E-state index is 0.316. The molecule has 15 nitrogen and oxygen atoms in total. The molecular weight excluding hydrogens is 502 g/mol. The summed E-state index contributed by atoms with van der Waals surface area (Å²) < 4.78 is 15.1. The van der Waals surface area contributed by atoms with Crippen molar-refractivity contribution in [3.8, 4) is 5.75 Å². The van der Waals surface area contributed by atoms with Crippen molar-refractivity contribution in [2.45, 2.75) is 63.0 Å². The molecule has 0 amide bonds. The van der Waals surface area contributed by atoms with Gasteiger partial charge in [-0.1, -0.05) is 0 Å². The first kappa shape index (κ1) is 29.6. The second kappa shape index (κ2) is 10.0. The van der Waals surface area contributed by atoms with E-state index in [1.165, 1.54) is 0 Å². The van der Waals surface area contributed by atoms with Gasteiger partial charge >= 0.3 is 11.7 Å². The lowest BCUT2D eigenvalue weighted by Gasteiger charge is -2.56. The first-order valence-electron chi connectivity index (χ1n) is 10.5. The third-order valence-corrected chi connectivity index (χ3v) is 6.15. The molecule has 0 aliphatic carbocycles. The van der Waals surface area contributed by atoms with E-state index in [-0.39, 0.29) is 5.56 Å². The number of esters is 1. The van der Waals surface area contributed by atoms with E-state index < -0.39 is 80.8 Å². The number of Topliss-reactive ketones (excluding diaryl/α,β-unsaturated/α-hetero) is 4. The van der Waals surface area contributed by atoms with Gasteiger partial charge in [0.1, 0.15) is 6.10 Å². The Morgan fingerprint density at radius 3 is 1.97 bits per heavy atom. The topological polar surface area (TPSA) is 237 Å². The number of aliphatic hydroxyl groups is 4. The molecule has 0 bridgehead atoms. The number of benzene rings is 1. The number of hydrogen-bond donors (Lipinski definition) is 4. The summed E-state index contributed by atoms with van der Waals surface area (Å²) in [5.74, 6) is -7.96. The van der Waals surface area contributed by atoms with Crippen LogP contribution in [-0.2, 0) is 28.7 Å². The number of nitro groups is 1. The van der Waals surface area contributed by atoms with E-state index in [4.69, 9.17) is 9.47 Å². The summed E-state index contributed by atoms with van der Waals surface area (Å²) in [4.78, 5) is 73.3. The maximum absolute atomic E-state index is 12.8. The summed E-state index contributed by atoms with van der Waals surface area (Å²) in [6, 6.07) is 2.52. The summed E-state index contributed by atoms with van der Waals surface area (Å²) in [5.41, 5.74) is -12.3. The summed E-state index contributed by atoms with van der Waals surface area (Å²) in [5, 5.41) is 55.5. The van der Waals surface area contributed by atoms with Crippen molar-refractivity contribution in [1.82, 2.24) is 0 Å². The van der Waals surface area contributed by atoms with Crippen LogP contribution in [0.2, 0.25) is 0 Å². The average molecular weight is 527 g/mol. The van der Waals surface area contributed by atoms with Gasteiger partial charge in [0.05, 0.1) is 17.6 Å². The fourth-order valence-electron chi connectivity index (χ4n) is 4.09. The lowest BCUT2D eigenvalue weighted by atomic mass is 9.60. The number of aliphatic hydroxyl groups excluding tert-OH is 1. The Morgan fingerprint density at radius 1 is 1.03 bits per heavy atom. The van der Waals surface area contributed by atoms with Gasteiger partial charge < -0.3 is 34.6 Å². The van der Waals surface area contributed by atoms with Crippen LogP contribution in [0.4, 0.5) is 5.69 Å². The average Bonchev–Trinajstić information content (AvgIpc) is 2.82. The van der Waals surface area contributed by atoms with Crippen molar-refractivity contribution in [1.29, 1.82) is 0 Å². The van der Waals surface area contributed by atoms with Crippen LogP contribution in [0.25, 0.3) is 0 Å². The quantitative estimate of drug-likeness (QED) is 0.161. The van der Waals surface area contributed by atoms with Gasteiger partial charge in [0, 0.05) is 12.1 Å². The molecule has 1 aliphatic heterocycles. The number of carbonyl (C=O) groups is 5. The molecule has 6 atom stereocenters. The fourth-order valence-corrected chi connectivity index (χ4v) is 4.09. The molecule has 2 rings (SSSR count). The Bertz CT molecular complexity index is 1180. The highest BCUT2D eigenvalue weighted by Gasteiger charge is 2.80. The van der Waals surface area contributed by atoms with E-state index in [2.05, 4.69) is 4.74 Å². The summed E-state index contributed by atoms with van der Waals surface area (Å²) >= 11 is 0. The number of methoxy groups -OCH3 is 1. The SMILES string of the molecule is COC(=O)c1ccc([N+](=O)[O-])c(O[C@@H]2O[C@H](C(=O)C(C)O)[C@@](O)(C(C)=O)[C@@](O)(C(C)=O)[C@]2(O)C(C)=O)c1. The number of ketones is 4. The Balaban J connectivity index is 2.92. The molecular formula is C22H25NO14. The second-order valence-electron chi connectivity index (χ2n) is 8.39. The predicted octanol–water partition coefficient (Wildman–Crippen LogP) is -1.60. The van der Waals surface area contributed by atoms with Crippen LogP contribution in [0.15, 0.2) is 18.2 Å². The van der Waals surface area contributed by atoms with E-state index in [1.54, 1.807) is 0 Å². The van der Waals surface area contributed by atoms with Gasteiger partial charge in [-0.25, -0.2) is 4.79 Å². The number of carbonyl (C=O) groups excluding carboxylic acids is 5. The molecule has 0 radical (unpaired) electrons. The number of nitrogens with zero attached hydrogens (tertiary/aromatic N) is 1. The van der Waals surface area contributed by atoms with Crippen LogP contribution in [-0.4, -0.2) is 96.9 Å². The fraction of sp³-hybridized carbons (Fsp3) is 0.500. The smallest absolute Gasteiger partial charge is 0.337 e. The standard InChI is InChI=1S/C22H25NO14/c1-9(24)16(28)17-20(30,10(2)25)22(32,12(4)27)21(31,11(3)26)19(37-17)36-15-8-13(18(29)35-5)6-7-14(15)23(33)34/h6-9,17,19,24,30-32H,1-5H3/t9?,17-,19-,20+,21+,22+/m1/s1. The lowest BCUT2D eigenvalue weighted by molar-refractivity contribution is -0.388. The number of rotatable bonds is 9. The van der Waals surface area contributed by atoms with Gasteiger partial charge in [-0.05, 0) is 33.8 Å². The second-order valence-corrected chi connectivity index (χ2v) is 8.39. The van der Waals surface area contributed by atoms with Crippen molar-refractivity contribution in [2.24, 2.45) is 0 Å². The summed E-state index contributed by atoms with van der Waals surface area (Å²) in [6.45, 7) is 2.70. The van der Waals surface area contributed by atoms with Gasteiger partial charge in [0.15, 0.2) is 34.8 Å². The Hall–Kier alpha value is -3.63. The molecule has 1 fully saturated rings. The molecule has 15 heteroatoms. The monoisotopic (exact) mass is 527 g/mol. The third-order valence-electron chi connectivity index (χ3n) is 6.15. The number of ether oxygens (including phenoxy) is 3. The van der Waals surface area contributed by atoms with E-state index >= 15 is 0 Å². The van der Waals surface area contributed by atoms with Crippen LogP contribution in [0.3, 0.4) is 0 Å². The Morgan fingerprint density at radius 2 is 1.57 bits per heavy atom. The highest BCUT2D eigenvalue weighted by atomic mass is 16.7. The molecule has 202 valence electrons. The van der Waals surface area contributed by atoms with E-state index in [0.29, 0.717) is 20.8 Å². The summed E-state index contributed by atoms with van der Waals surface area (Å²) in [7, 11) is 1.00. The minimum atomic E-state index is -3.83. The zero-order valence-corrected chi connectivity index (χ0v) is 20.3. The molecule has 1 aromatic carbocycles. The van der Waals surface area contributed by atoms with Gasteiger partial charge in [0.2, 0.25) is 23.2 Å². The molecule has 0 saturated carbocycles. The molecule has 1 unspecified atom stereocenters. The Labute approximate surface area is 208 Å². The van der Waals surface area contributed by atoms with Crippen molar-refractivity contribution < 1.29 is 63.5 Å². The molecule has 4 N–H and O–H groups in total. The zero-order chi connectivity index (χ0) is 28.7. The van der Waals surface area contributed by atoms with E-state index in [1.807, 2.05) is 0 Å². The molecule has 1 aliphatic rings. The lowest BCUT2D eigenvalue weighted by Crippen LogP contribution is -2.87. The highest BCUT2D eigenvalue weighted by Crippen LogP contribution is 2.48. The first-order chi connectivity index (χ1) is 16.9. The van der Waals surface area contributed by atoms with Crippen LogP contribution in [0, 0.1) is 10.1 Å². The van der Waals surface area contributed by atoms with Crippen molar-refractivity contribution >= 4 is 34.8 Å². The van der Waals surface area contributed by atoms with Gasteiger partial charge in [-0.3, -0.25) is 29.3 Å². The van der Waals surface area contributed by atoms with Crippen LogP contribution in [0.5, 0.6) is 5.75 Å². The van der Waals surface area contributed by atoms with Crippen molar-refractivity contribution in [3.63, 3.8) is 0 Å². The number of nitro benzene ring substituents is 1. The molecule has 1 saturated heterocycles. The van der Waals surface area contributed by atoms with Crippen molar-refractivity contribution in [3.05, 3.63) is 33.9 Å². The predicted molar refractivity (Wildman–Crippen MR) is 117 cm³/mol. The Kier molecular flexibility index (Phi) is 8.02.